The molecule has 1 fully saturated rings. The second-order valence-corrected chi connectivity index (χ2v) is 10.7. The summed E-state index contributed by atoms with van der Waals surface area (Å²) in [5, 5.41) is 5.07. The Morgan fingerprint density at radius 1 is 1.16 bits per heavy atom. The predicted octanol–water partition coefficient (Wildman–Crippen LogP) is 5.63. The monoisotopic (exact) mass is 451 g/mol. The molecular weight excluding hydrogens is 426 g/mol. The fourth-order valence-corrected chi connectivity index (χ4v) is 6.39. The molecule has 1 N–H and O–H groups in total. The van der Waals surface area contributed by atoms with Crippen LogP contribution in [-0.4, -0.2) is 27.4 Å². The lowest BCUT2D eigenvalue weighted by molar-refractivity contribution is -0.113. The van der Waals surface area contributed by atoms with E-state index in [0.717, 1.165) is 41.4 Å². The van der Waals surface area contributed by atoms with Crippen molar-refractivity contribution in [3.8, 4) is 0 Å². The fraction of sp³-hybridized carbons (Fsp3) is 0.417. The summed E-state index contributed by atoms with van der Waals surface area (Å²) in [6.07, 6.45) is 5.72. The molecular formula is C24H25N3O2S2. The van der Waals surface area contributed by atoms with Gasteiger partial charge in [-0.25, -0.2) is 9.97 Å². The zero-order valence-electron chi connectivity index (χ0n) is 17.7. The molecule has 2 aliphatic rings. The van der Waals surface area contributed by atoms with Crippen LogP contribution in [0.15, 0.2) is 29.3 Å². The lowest BCUT2D eigenvalue weighted by atomic mass is 9.89. The van der Waals surface area contributed by atoms with Crippen molar-refractivity contribution in [1.82, 2.24) is 9.97 Å². The number of aromatic nitrogens is 2. The van der Waals surface area contributed by atoms with Crippen LogP contribution in [0.25, 0.3) is 10.2 Å². The maximum absolute atomic E-state index is 12.6. The highest BCUT2D eigenvalue weighted by Gasteiger charge is 2.30. The number of carbonyl (C=O) groups excluding carboxylic acids is 2. The van der Waals surface area contributed by atoms with Crippen LogP contribution in [0.2, 0.25) is 0 Å². The SMILES string of the molecule is CC(=O)c1ccc(NC(=O)CSc2nc(C3CC3)nc3sc4c(c23)CC[C@@H](C)C4)cc1. The predicted molar refractivity (Wildman–Crippen MR) is 126 cm³/mol. The summed E-state index contributed by atoms with van der Waals surface area (Å²) in [7, 11) is 0. The molecule has 7 heteroatoms. The first-order valence-corrected chi connectivity index (χ1v) is 12.6. The molecule has 2 aromatic heterocycles. The largest absolute Gasteiger partial charge is 0.325 e. The van der Waals surface area contributed by atoms with E-state index in [1.165, 1.54) is 40.9 Å². The van der Waals surface area contributed by atoms with Gasteiger partial charge in [-0.05, 0) is 74.8 Å². The van der Waals surface area contributed by atoms with E-state index in [9.17, 15) is 9.59 Å². The van der Waals surface area contributed by atoms with Gasteiger partial charge in [0.25, 0.3) is 0 Å². The Labute approximate surface area is 190 Å². The normalized spacial score (nSPS) is 18.1. The molecule has 2 heterocycles. The minimum atomic E-state index is -0.0713. The minimum Gasteiger partial charge on any atom is -0.325 e. The third-order valence-electron chi connectivity index (χ3n) is 6.00. The van der Waals surface area contributed by atoms with E-state index in [0.29, 0.717) is 28.8 Å². The van der Waals surface area contributed by atoms with Crippen LogP contribution in [0.4, 0.5) is 5.69 Å². The van der Waals surface area contributed by atoms with E-state index in [2.05, 4.69) is 12.2 Å². The Morgan fingerprint density at radius 2 is 1.94 bits per heavy atom. The number of thiophene rings is 1. The van der Waals surface area contributed by atoms with Gasteiger partial charge in [0.05, 0.1) is 5.75 Å². The van der Waals surface area contributed by atoms with Crippen molar-refractivity contribution >= 4 is 50.7 Å². The number of thioether (sulfide) groups is 1. The maximum Gasteiger partial charge on any atom is 0.234 e. The van der Waals surface area contributed by atoms with Crippen LogP contribution in [0.1, 0.15) is 65.7 Å². The van der Waals surface area contributed by atoms with Gasteiger partial charge in [-0.3, -0.25) is 9.59 Å². The zero-order chi connectivity index (χ0) is 21.5. The molecule has 0 aliphatic heterocycles. The molecule has 5 nitrogen and oxygen atoms in total. The van der Waals surface area contributed by atoms with E-state index in [1.54, 1.807) is 24.3 Å². The summed E-state index contributed by atoms with van der Waals surface area (Å²) < 4.78 is 0. The molecule has 5 rings (SSSR count). The summed E-state index contributed by atoms with van der Waals surface area (Å²) >= 11 is 3.34. The Morgan fingerprint density at radius 3 is 2.65 bits per heavy atom. The van der Waals surface area contributed by atoms with Crippen molar-refractivity contribution in [2.45, 2.75) is 56.9 Å². The Balaban J connectivity index is 1.36. The van der Waals surface area contributed by atoms with Gasteiger partial charge < -0.3 is 5.32 Å². The van der Waals surface area contributed by atoms with Gasteiger partial charge in [-0.2, -0.15) is 0 Å². The third kappa shape index (κ3) is 4.39. The number of ketones is 1. The van der Waals surface area contributed by atoms with Gasteiger partial charge in [-0.1, -0.05) is 18.7 Å². The number of aryl methyl sites for hydroxylation is 1. The highest BCUT2D eigenvalue weighted by atomic mass is 32.2. The molecule has 1 amide bonds. The van der Waals surface area contributed by atoms with Crippen LogP contribution in [0, 0.1) is 5.92 Å². The molecule has 2 aliphatic carbocycles. The molecule has 160 valence electrons. The number of hydrogen-bond acceptors (Lipinski definition) is 6. The lowest BCUT2D eigenvalue weighted by Gasteiger charge is -2.18. The molecule has 1 saturated carbocycles. The Bertz CT molecular complexity index is 1170. The van der Waals surface area contributed by atoms with Crippen LogP contribution in [-0.2, 0) is 17.6 Å². The molecule has 31 heavy (non-hydrogen) atoms. The van der Waals surface area contributed by atoms with Crippen LogP contribution in [0.3, 0.4) is 0 Å². The molecule has 0 radical (unpaired) electrons. The summed E-state index contributed by atoms with van der Waals surface area (Å²) in [6, 6.07) is 7.01. The average Bonchev–Trinajstić information content (AvgIpc) is 3.53. The first kappa shape index (κ1) is 20.6. The Kier molecular flexibility index (Phi) is 5.56. The number of nitrogens with zero attached hydrogens (tertiary/aromatic N) is 2. The molecule has 0 bridgehead atoms. The Hall–Kier alpha value is -2.25. The van der Waals surface area contributed by atoms with E-state index >= 15 is 0 Å². The van der Waals surface area contributed by atoms with Crippen LogP contribution in [0.5, 0.6) is 0 Å². The third-order valence-corrected chi connectivity index (χ3v) is 8.12. The van der Waals surface area contributed by atoms with Gasteiger partial charge in [0.1, 0.15) is 15.7 Å². The van der Waals surface area contributed by atoms with Crippen molar-refractivity contribution in [3.05, 3.63) is 46.1 Å². The molecule has 0 saturated heterocycles. The highest BCUT2D eigenvalue weighted by molar-refractivity contribution is 8.00. The number of hydrogen-bond donors (Lipinski definition) is 1. The highest BCUT2D eigenvalue weighted by Crippen LogP contribution is 2.44. The number of nitrogens with one attached hydrogen (secondary N) is 1. The molecule has 1 aromatic carbocycles. The number of Topliss-reactive ketones (excluding diaryl/α,β-unsaturated/α-hetero) is 1. The smallest absolute Gasteiger partial charge is 0.234 e. The van der Waals surface area contributed by atoms with Gasteiger partial charge in [0, 0.05) is 27.4 Å². The van der Waals surface area contributed by atoms with Crippen LogP contribution >= 0.6 is 23.1 Å². The first-order valence-electron chi connectivity index (χ1n) is 10.8. The number of anilines is 1. The summed E-state index contributed by atoms with van der Waals surface area (Å²) in [6.45, 7) is 3.85. The van der Waals surface area contributed by atoms with Gasteiger partial charge in [0.15, 0.2) is 5.78 Å². The zero-order valence-corrected chi connectivity index (χ0v) is 19.4. The molecule has 3 aromatic rings. The van der Waals surface area contributed by atoms with Gasteiger partial charge in [-0.15, -0.1) is 11.3 Å². The number of rotatable bonds is 6. The maximum atomic E-state index is 12.6. The molecule has 1 atom stereocenters. The van der Waals surface area contributed by atoms with Crippen LogP contribution < -0.4 is 5.32 Å². The van der Waals surface area contributed by atoms with Crippen molar-refractivity contribution < 1.29 is 9.59 Å². The number of benzene rings is 1. The van der Waals surface area contributed by atoms with Gasteiger partial charge >= 0.3 is 0 Å². The second kappa shape index (κ2) is 8.36. The summed E-state index contributed by atoms with van der Waals surface area (Å²) in [4.78, 5) is 36.4. The molecule has 0 spiro atoms. The molecule has 0 unspecified atom stereocenters. The first-order chi connectivity index (χ1) is 15.0. The minimum absolute atomic E-state index is 0.0150. The fourth-order valence-electron chi connectivity index (χ4n) is 4.07. The number of fused-ring (bicyclic) bond motifs is 3. The quantitative estimate of drug-likeness (QED) is 0.299. The summed E-state index contributed by atoms with van der Waals surface area (Å²) in [5.41, 5.74) is 2.74. The van der Waals surface area contributed by atoms with Crippen molar-refractivity contribution in [2.75, 3.05) is 11.1 Å². The van der Waals surface area contributed by atoms with E-state index in [1.807, 2.05) is 11.3 Å². The summed E-state index contributed by atoms with van der Waals surface area (Å²) in [5.74, 6) is 2.38. The van der Waals surface area contributed by atoms with E-state index < -0.39 is 0 Å². The number of amides is 1. The van der Waals surface area contributed by atoms with Crippen molar-refractivity contribution in [3.63, 3.8) is 0 Å². The van der Waals surface area contributed by atoms with Gasteiger partial charge in [0.2, 0.25) is 5.91 Å². The topological polar surface area (TPSA) is 72.0 Å². The lowest BCUT2D eigenvalue weighted by Crippen LogP contribution is -2.14. The second-order valence-electron chi connectivity index (χ2n) is 8.66. The average molecular weight is 452 g/mol. The number of carbonyl (C=O) groups is 2. The standard InChI is InChI=1S/C24H25N3O2S2/c1-13-3-10-18-19(11-13)31-24-21(18)23(26-22(27-24)16-4-5-16)30-12-20(29)25-17-8-6-15(7-9-17)14(2)28/h6-9,13,16H,3-5,10-12H2,1-2H3,(H,25,29)/t13-/m1/s1. The van der Waals surface area contributed by atoms with E-state index in [4.69, 9.17) is 9.97 Å². The van der Waals surface area contributed by atoms with Crippen molar-refractivity contribution in [1.29, 1.82) is 0 Å². The van der Waals surface area contributed by atoms with Crippen molar-refractivity contribution in [2.24, 2.45) is 5.92 Å². The van der Waals surface area contributed by atoms with E-state index in [-0.39, 0.29) is 11.7 Å².